The SMILES string of the molecule is Cc1cc(C(O)C(O)CC(N)=O)ccc1C#N. The average molecular weight is 234 g/mol. The van der Waals surface area contributed by atoms with Crippen molar-refractivity contribution < 1.29 is 15.0 Å². The van der Waals surface area contributed by atoms with E-state index in [1.54, 1.807) is 25.1 Å². The zero-order valence-electron chi connectivity index (χ0n) is 9.42. The summed E-state index contributed by atoms with van der Waals surface area (Å²) in [4.78, 5) is 10.6. The number of rotatable bonds is 4. The van der Waals surface area contributed by atoms with Crippen LogP contribution in [0, 0.1) is 18.3 Å². The highest BCUT2D eigenvalue weighted by Crippen LogP contribution is 2.21. The molecule has 4 N–H and O–H groups in total. The Morgan fingerprint density at radius 3 is 2.65 bits per heavy atom. The van der Waals surface area contributed by atoms with Crippen LogP contribution in [0.2, 0.25) is 0 Å². The third kappa shape index (κ3) is 3.28. The van der Waals surface area contributed by atoms with Gasteiger partial charge >= 0.3 is 0 Å². The van der Waals surface area contributed by atoms with Gasteiger partial charge in [-0.05, 0) is 24.1 Å². The number of benzene rings is 1. The predicted octanol–water partition coefficient (Wildman–Crippen LogP) is 0.136. The number of carbonyl (C=O) groups excluding carboxylic acids is 1. The lowest BCUT2D eigenvalue weighted by Crippen LogP contribution is -2.25. The Kier molecular flexibility index (Phi) is 4.21. The van der Waals surface area contributed by atoms with Crippen molar-refractivity contribution in [3.8, 4) is 6.07 Å². The van der Waals surface area contributed by atoms with Gasteiger partial charge in [-0.1, -0.05) is 12.1 Å². The first-order valence-corrected chi connectivity index (χ1v) is 5.10. The molecule has 0 bridgehead atoms. The van der Waals surface area contributed by atoms with Crippen LogP contribution in [0.15, 0.2) is 18.2 Å². The van der Waals surface area contributed by atoms with Crippen molar-refractivity contribution in [3.05, 3.63) is 34.9 Å². The highest BCUT2D eigenvalue weighted by molar-refractivity contribution is 5.74. The Bertz CT molecular complexity index is 465. The van der Waals surface area contributed by atoms with Crippen molar-refractivity contribution in [2.45, 2.75) is 25.6 Å². The molecule has 2 unspecified atom stereocenters. The molecule has 90 valence electrons. The van der Waals surface area contributed by atoms with Crippen LogP contribution in [-0.2, 0) is 4.79 Å². The van der Waals surface area contributed by atoms with E-state index in [2.05, 4.69) is 0 Å². The Morgan fingerprint density at radius 1 is 1.53 bits per heavy atom. The van der Waals surface area contributed by atoms with Crippen LogP contribution in [-0.4, -0.2) is 22.2 Å². The second-order valence-electron chi connectivity index (χ2n) is 3.87. The molecule has 0 fully saturated rings. The first kappa shape index (κ1) is 13.2. The van der Waals surface area contributed by atoms with E-state index >= 15 is 0 Å². The zero-order chi connectivity index (χ0) is 13.0. The highest BCUT2D eigenvalue weighted by Gasteiger charge is 2.20. The lowest BCUT2D eigenvalue weighted by atomic mass is 9.98. The van der Waals surface area contributed by atoms with E-state index in [0.717, 1.165) is 0 Å². The normalized spacial score (nSPS) is 13.8. The van der Waals surface area contributed by atoms with E-state index in [1.165, 1.54) is 0 Å². The minimum atomic E-state index is -1.24. The number of aliphatic hydroxyl groups excluding tert-OH is 2. The van der Waals surface area contributed by atoms with Crippen molar-refractivity contribution in [1.82, 2.24) is 0 Å². The molecule has 5 nitrogen and oxygen atoms in total. The van der Waals surface area contributed by atoms with Crippen LogP contribution in [0.5, 0.6) is 0 Å². The number of aliphatic hydroxyl groups is 2. The van der Waals surface area contributed by atoms with Gasteiger partial charge in [-0.25, -0.2) is 0 Å². The molecule has 0 radical (unpaired) electrons. The van der Waals surface area contributed by atoms with E-state index in [9.17, 15) is 15.0 Å². The van der Waals surface area contributed by atoms with E-state index in [-0.39, 0.29) is 6.42 Å². The molecule has 0 aromatic heterocycles. The molecule has 0 spiro atoms. The molecule has 0 aliphatic rings. The van der Waals surface area contributed by atoms with Gasteiger partial charge in [0.05, 0.1) is 24.2 Å². The molecule has 5 heteroatoms. The maximum Gasteiger partial charge on any atom is 0.220 e. The minimum Gasteiger partial charge on any atom is -0.390 e. The first-order valence-electron chi connectivity index (χ1n) is 5.10. The van der Waals surface area contributed by atoms with Gasteiger partial charge in [-0.15, -0.1) is 0 Å². The van der Waals surface area contributed by atoms with Crippen molar-refractivity contribution in [3.63, 3.8) is 0 Å². The summed E-state index contributed by atoms with van der Waals surface area (Å²) in [6.07, 6.45) is -2.73. The number of primary amides is 1. The fraction of sp³-hybridized carbons (Fsp3) is 0.333. The molecule has 0 heterocycles. The number of hydrogen-bond acceptors (Lipinski definition) is 4. The molecular formula is C12H14N2O3. The smallest absolute Gasteiger partial charge is 0.220 e. The third-order valence-electron chi connectivity index (χ3n) is 2.49. The fourth-order valence-electron chi connectivity index (χ4n) is 1.54. The molecule has 0 aliphatic heterocycles. The first-order chi connectivity index (χ1) is 7.95. The summed E-state index contributed by atoms with van der Waals surface area (Å²) in [6, 6.07) is 6.71. The largest absolute Gasteiger partial charge is 0.390 e. The van der Waals surface area contributed by atoms with Gasteiger partial charge in [0, 0.05) is 0 Å². The van der Waals surface area contributed by atoms with Gasteiger partial charge in [0.2, 0.25) is 5.91 Å². The Hall–Kier alpha value is -1.90. The summed E-state index contributed by atoms with van der Waals surface area (Å²) >= 11 is 0. The maximum absolute atomic E-state index is 10.6. The lowest BCUT2D eigenvalue weighted by molar-refractivity contribution is -0.121. The van der Waals surface area contributed by atoms with Crippen LogP contribution >= 0.6 is 0 Å². The van der Waals surface area contributed by atoms with E-state index < -0.39 is 18.1 Å². The number of nitrogens with zero attached hydrogens (tertiary/aromatic N) is 1. The molecule has 0 saturated carbocycles. The summed E-state index contributed by atoms with van der Waals surface area (Å²) in [6.45, 7) is 1.73. The van der Waals surface area contributed by atoms with Crippen LogP contribution in [0.4, 0.5) is 0 Å². The van der Waals surface area contributed by atoms with Crippen LogP contribution in [0.25, 0.3) is 0 Å². The van der Waals surface area contributed by atoms with E-state index in [4.69, 9.17) is 11.0 Å². The van der Waals surface area contributed by atoms with Gasteiger partial charge in [0.15, 0.2) is 0 Å². The highest BCUT2D eigenvalue weighted by atomic mass is 16.3. The van der Waals surface area contributed by atoms with E-state index in [1.807, 2.05) is 6.07 Å². The summed E-state index contributed by atoms with van der Waals surface area (Å²) < 4.78 is 0. The maximum atomic E-state index is 10.6. The molecule has 1 aromatic rings. The Labute approximate surface area is 99.1 Å². The standard InChI is InChI=1S/C12H14N2O3/c1-7-4-8(2-3-9(7)6-13)12(17)10(15)5-11(14)16/h2-4,10,12,15,17H,5H2,1H3,(H2,14,16). The van der Waals surface area contributed by atoms with Gasteiger partial charge < -0.3 is 15.9 Å². The van der Waals surface area contributed by atoms with Gasteiger partial charge in [-0.3, -0.25) is 4.79 Å². The van der Waals surface area contributed by atoms with Crippen molar-refractivity contribution in [2.75, 3.05) is 0 Å². The number of hydrogen-bond donors (Lipinski definition) is 3. The molecule has 2 atom stereocenters. The quantitative estimate of drug-likeness (QED) is 0.688. The molecular weight excluding hydrogens is 220 g/mol. The summed E-state index contributed by atoms with van der Waals surface area (Å²) in [5, 5.41) is 28.1. The minimum absolute atomic E-state index is 0.305. The van der Waals surface area contributed by atoms with Crippen LogP contribution in [0.1, 0.15) is 29.2 Å². The summed E-state index contributed by atoms with van der Waals surface area (Å²) in [7, 11) is 0. The van der Waals surface area contributed by atoms with Crippen molar-refractivity contribution in [1.29, 1.82) is 5.26 Å². The zero-order valence-corrected chi connectivity index (χ0v) is 9.42. The molecule has 17 heavy (non-hydrogen) atoms. The van der Waals surface area contributed by atoms with Gasteiger partial charge in [0.1, 0.15) is 6.10 Å². The predicted molar refractivity (Wildman–Crippen MR) is 60.7 cm³/mol. The summed E-state index contributed by atoms with van der Waals surface area (Å²) in [5.41, 5.74) is 6.59. The van der Waals surface area contributed by atoms with Gasteiger partial charge in [-0.2, -0.15) is 5.26 Å². The second kappa shape index (κ2) is 5.43. The van der Waals surface area contributed by atoms with Crippen LogP contribution < -0.4 is 5.73 Å². The lowest BCUT2D eigenvalue weighted by Gasteiger charge is -2.17. The fourth-order valence-corrected chi connectivity index (χ4v) is 1.54. The number of nitrogens with two attached hydrogens (primary N) is 1. The number of aryl methyl sites for hydroxylation is 1. The topological polar surface area (TPSA) is 107 Å². The molecule has 0 saturated heterocycles. The average Bonchev–Trinajstić information content (AvgIpc) is 2.27. The van der Waals surface area contributed by atoms with E-state index in [0.29, 0.717) is 16.7 Å². The number of nitriles is 1. The van der Waals surface area contributed by atoms with Gasteiger partial charge in [0.25, 0.3) is 0 Å². The molecule has 1 rings (SSSR count). The number of amides is 1. The molecule has 1 amide bonds. The third-order valence-corrected chi connectivity index (χ3v) is 2.49. The monoisotopic (exact) mass is 234 g/mol. The molecule has 1 aromatic carbocycles. The second-order valence-corrected chi connectivity index (χ2v) is 3.87. The van der Waals surface area contributed by atoms with Crippen molar-refractivity contribution in [2.24, 2.45) is 5.73 Å². The van der Waals surface area contributed by atoms with Crippen LogP contribution in [0.3, 0.4) is 0 Å². The summed E-state index contributed by atoms with van der Waals surface area (Å²) in [5.74, 6) is -0.679. The number of carbonyl (C=O) groups is 1. The Balaban J connectivity index is 2.90. The van der Waals surface area contributed by atoms with Crippen molar-refractivity contribution >= 4 is 5.91 Å². The molecule has 0 aliphatic carbocycles. The Morgan fingerprint density at radius 2 is 2.18 bits per heavy atom.